The molecule has 0 aromatic heterocycles. The first kappa shape index (κ1) is 18.4. The topological polar surface area (TPSA) is 20.2 Å². The summed E-state index contributed by atoms with van der Waals surface area (Å²) >= 11 is 1.99. The summed E-state index contributed by atoms with van der Waals surface area (Å²) in [4.78, 5) is -3.77. The van der Waals surface area contributed by atoms with E-state index in [2.05, 4.69) is 0 Å². The third-order valence-corrected chi connectivity index (χ3v) is 5.15. The summed E-state index contributed by atoms with van der Waals surface area (Å²) in [7, 11) is 0. The number of hydrogen-bond acceptors (Lipinski definition) is 1. The fourth-order valence-electron chi connectivity index (χ4n) is 3.43. The second-order valence-corrected chi connectivity index (χ2v) is 7.42. The molecule has 0 heterocycles. The summed E-state index contributed by atoms with van der Waals surface area (Å²) in [5, 5.41) is 10.4. The van der Waals surface area contributed by atoms with Gasteiger partial charge in [0, 0.05) is 0 Å². The van der Waals surface area contributed by atoms with Crippen molar-refractivity contribution in [2.45, 2.75) is 36.6 Å². The maximum absolute atomic E-state index is 13.9. The normalized spacial score (nSPS) is 17.0. The number of halogens is 5. The molecule has 1 N–H and O–H groups in total. The summed E-state index contributed by atoms with van der Waals surface area (Å²) in [6.07, 6.45) is 3.65. The van der Waals surface area contributed by atoms with Crippen LogP contribution in [-0.4, -0.2) is 5.11 Å². The molecule has 1 unspecified atom stereocenters. The van der Waals surface area contributed by atoms with E-state index >= 15 is 0 Å². The Kier molecular flexibility index (Phi) is 5.21. The highest BCUT2D eigenvalue weighted by atomic mass is 79.9. The molecule has 134 valence electrons. The second-order valence-electron chi connectivity index (χ2n) is 6.42. The molecular weight excluding hydrogens is 400 g/mol. The van der Waals surface area contributed by atoms with Crippen molar-refractivity contribution in [2.75, 3.05) is 0 Å². The fraction of sp³-hybridized carbons (Fsp3) is 0.368. The van der Waals surface area contributed by atoms with Crippen molar-refractivity contribution >= 4 is 15.9 Å². The van der Waals surface area contributed by atoms with E-state index in [1.807, 2.05) is 15.9 Å². The predicted octanol–water partition coefficient (Wildman–Crippen LogP) is 6.30. The van der Waals surface area contributed by atoms with Crippen LogP contribution >= 0.6 is 15.9 Å². The maximum atomic E-state index is 13.9. The first-order valence-electron chi connectivity index (χ1n) is 8.12. The molecule has 25 heavy (non-hydrogen) atoms. The number of hydrogen-bond donors (Lipinski definition) is 1. The lowest BCUT2D eigenvalue weighted by Gasteiger charge is -2.18. The fourth-order valence-corrected chi connectivity index (χ4v) is 3.81. The predicted molar refractivity (Wildman–Crippen MR) is 91.5 cm³/mol. The lowest BCUT2D eigenvalue weighted by molar-refractivity contribution is 0.105. The first-order chi connectivity index (χ1) is 11.8. The van der Waals surface area contributed by atoms with Gasteiger partial charge < -0.3 is 5.11 Å². The molecular formula is C19H17BrF4O. The van der Waals surface area contributed by atoms with Gasteiger partial charge in [-0.2, -0.15) is 8.78 Å². The molecule has 0 aliphatic heterocycles. The minimum atomic E-state index is -3.77. The van der Waals surface area contributed by atoms with E-state index in [0.29, 0.717) is 5.56 Å². The van der Waals surface area contributed by atoms with Gasteiger partial charge in [-0.25, -0.2) is 8.78 Å². The summed E-state index contributed by atoms with van der Waals surface area (Å²) in [6.45, 7) is 0. The molecule has 2 aromatic rings. The van der Waals surface area contributed by atoms with Crippen LogP contribution in [0.5, 0.6) is 0 Å². The van der Waals surface area contributed by atoms with Gasteiger partial charge in [-0.3, -0.25) is 0 Å². The molecule has 1 nitrogen and oxygen atoms in total. The van der Waals surface area contributed by atoms with Gasteiger partial charge in [0.1, 0.15) is 17.2 Å². The third-order valence-electron chi connectivity index (χ3n) is 4.76. The van der Waals surface area contributed by atoms with Crippen molar-refractivity contribution in [1.82, 2.24) is 0 Å². The van der Waals surface area contributed by atoms with Crippen LogP contribution in [0.3, 0.4) is 0 Å². The summed E-state index contributed by atoms with van der Waals surface area (Å²) in [5.41, 5.74) is 0.103. The summed E-state index contributed by atoms with van der Waals surface area (Å²) in [6, 6.07) is 8.45. The lowest BCUT2D eigenvalue weighted by atomic mass is 9.93. The number of aliphatic hydroxyl groups is 1. The molecule has 0 bridgehead atoms. The van der Waals surface area contributed by atoms with E-state index in [1.54, 1.807) is 24.3 Å². The molecule has 0 saturated heterocycles. The van der Waals surface area contributed by atoms with Crippen LogP contribution in [0.25, 0.3) is 11.1 Å². The zero-order chi connectivity index (χ0) is 18.2. The average Bonchev–Trinajstić information content (AvgIpc) is 3.06. The molecule has 0 radical (unpaired) electrons. The minimum Gasteiger partial charge on any atom is -0.388 e. The maximum Gasteiger partial charge on any atom is 0.332 e. The highest BCUT2D eigenvalue weighted by Gasteiger charge is 2.35. The number of rotatable bonds is 4. The Labute approximate surface area is 151 Å². The molecule has 0 amide bonds. The first-order valence-corrected chi connectivity index (χ1v) is 8.91. The Morgan fingerprint density at radius 2 is 1.48 bits per heavy atom. The zero-order valence-electron chi connectivity index (χ0n) is 13.3. The minimum absolute atomic E-state index is 0.164. The molecule has 2 aromatic carbocycles. The van der Waals surface area contributed by atoms with Crippen molar-refractivity contribution < 1.29 is 22.7 Å². The molecule has 1 aliphatic rings. The monoisotopic (exact) mass is 416 g/mol. The van der Waals surface area contributed by atoms with Crippen molar-refractivity contribution in [3.05, 3.63) is 59.2 Å². The van der Waals surface area contributed by atoms with Crippen LogP contribution in [0.4, 0.5) is 17.6 Å². The molecule has 1 fully saturated rings. The van der Waals surface area contributed by atoms with E-state index in [0.717, 1.165) is 43.4 Å². The van der Waals surface area contributed by atoms with Crippen molar-refractivity contribution in [3.8, 4) is 11.1 Å². The van der Waals surface area contributed by atoms with Gasteiger partial charge in [0.2, 0.25) is 0 Å². The Balaban J connectivity index is 1.87. The average molecular weight is 417 g/mol. The molecule has 1 atom stereocenters. The summed E-state index contributed by atoms with van der Waals surface area (Å²) in [5.74, 6) is -2.39. The number of alkyl halides is 3. The molecule has 1 saturated carbocycles. The largest absolute Gasteiger partial charge is 0.388 e. The number of benzene rings is 2. The summed E-state index contributed by atoms with van der Waals surface area (Å²) < 4.78 is 54.2. The van der Waals surface area contributed by atoms with Gasteiger partial charge in [-0.15, -0.1) is 0 Å². The second kappa shape index (κ2) is 7.08. The van der Waals surface area contributed by atoms with Gasteiger partial charge in [0.05, 0.1) is 6.10 Å². The van der Waals surface area contributed by atoms with Crippen LogP contribution in [0.2, 0.25) is 0 Å². The third kappa shape index (κ3) is 3.90. The molecule has 6 heteroatoms. The van der Waals surface area contributed by atoms with Crippen LogP contribution in [0.1, 0.15) is 42.9 Å². The van der Waals surface area contributed by atoms with Gasteiger partial charge in [0.25, 0.3) is 0 Å². The van der Waals surface area contributed by atoms with E-state index in [-0.39, 0.29) is 11.5 Å². The number of aliphatic hydroxyl groups excluding tert-OH is 1. The van der Waals surface area contributed by atoms with Gasteiger partial charge in [-0.05, 0) is 63.5 Å². The van der Waals surface area contributed by atoms with Crippen LogP contribution < -0.4 is 0 Å². The molecule has 3 rings (SSSR count). The van der Waals surface area contributed by atoms with E-state index in [9.17, 15) is 22.7 Å². The van der Waals surface area contributed by atoms with Gasteiger partial charge in [0.15, 0.2) is 0 Å². The Bertz CT molecular complexity index is 726. The van der Waals surface area contributed by atoms with Gasteiger partial charge >= 0.3 is 4.83 Å². The molecule has 1 aliphatic carbocycles. The SMILES string of the molecule is OC(c1ccc(-c2cc(F)c(C(F)(F)Br)c(F)c2)cc1)C1CCCC1. The smallest absolute Gasteiger partial charge is 0.332 e. The van der Waals surface area contributed by atoms with Crippen LogP contribution in [0, 0.1) is 17.6 Å². The van der Waals surface area contributed by atoms with Crippen molar-refractivity contribution in [3.63, 3.8) is 0 Å². The zero-order valence-corrected chi connectivity index (χ0v) is 14.9. The highest BCUT2D eigenvalue weighted by Crippen LogP contribution is 2.40. The van der Waals surface area contributed by atoms with E-state index in [1.165, 1.54) is 0 Å². The molecule has 0 spiro atoms. The quantitative estimate of drug-likeness (QED) is 0.457. The van der Waals surface area contributed by atoms with Crippen LogP contribution in [0.15, 0.2) is 36.4 Å². The van der Waals surface area contributed by atoms with Crippen molar-refractivity contribution in [1.29, 1.82) is 0 Å². The standard InChI is InChI=1S/C19H17BrF4O/c20-19(23,24)17-15(21)9-14(10-16(17)22)11-5-7-13(8-6-11)18(25)12-3-1-2-4-12/h5-10,12,18,25H,1-4H2. The van der Waals surface area contributed by atoms with Gasteiger partial charge in [-0.1, -0.05) is 37.1 Å². The Morgan fingerprint density at radius 3 is 1.96 bits per heavy atom. The Morgan fingerprint density at radius 1 is 0.960 bits per heavy atom. The Hall–Kier alpha value is -1.40. The van der Waals surface area contributed by atoms with E-state index in [4.69, 9.17) is 0 Å². The van der Waals surface area contributed by atoms with Crippen molar-refractivity contribution in [2.24, 2.45) is 5.92 Å². The lowest BCUT2D eigenvalue weighted by Crippen LogP contribution is -2.10. The van der Waals surface area contributed by atoms with E-state index < -0.39 is 28.1 Å². The van der Waals surface area contributed by atoms with Crippen LogP contribution in [-0.2, 0) is 4.83 Å². The highest BCUT2D eigenvalue weighted by molar-refractivity contribution is 9.09.